The molecule has 3 aromatic carbocycles. The zero-order chi connectivity index (χ0) is 27.2. The van der Waals surface area contributed by atoms with Gasteiger partial charge in [-0.2, -0.15) is 0 Å². The number of methoxy groups -OCH3 is 2. The molecule has 0 saturated carbocycles. The normalized spacial score (nSPS) is 11.2. The Morgan fingerprint density at radius 1 is 0.946 bits per heavy atom. The number of carbonyl (C=O) groups excluding carboxylic acids is 1. The van der Waals surface area contributed by atoms with Crippen LogP contribution in [0, 0.1) is 6.92 Å². The number of aryl methyl sites for hydroxylation is 1. The van der Waals surface area contributed by atoms with Crippen LogP contribution in [0.5, 0.6) is 17.2 Å². The van der Waals surface area contributed by atoms with E-state index < -0.39 is 22.5 Å². The summed E-state index contributed by atoms with van der Waals surface area (Å²) < 4.78 is 45.2. The molecule has 0 aliphatic heterocycles. The minimum atomic E-state index is -4.07. The fourth-order valence-corrected chi connectivity index (χ4v) is 5.66. The number of hydrogen-bond donors (Lipinski definition) is 1. The summed E-state index contributed by atoms with van der Waals surface area (Å²) in [5.41, 5.74) is 2.13. The van der Waals surface area contributed by atoms with Gasteiger partial charge in [-0.05, 0) is 84.7 Å². The van der Waals surface area contributed by atoms with Crippen molar-refractivity contribution in [1.82, 2.24) is 5.32 Å². The summed E-state index contributed by atoms with van der Waals surface area (Å²) in [5.74, 6) is 1.20. The average Bonchev–Trinajstić information content (AvgIpc) is 2.86. The van der Waals surface area contributed by atoms with E-state index >= 15 is 0 Å². The SMILES string of the molecule is COc1ccc(S(=O)(=O)N(CC(=O)NCc2ccc(OC(C)C)c(OC)c2)c2ccc(C)cc2)cc1Br. The molecule has 10 heteroatoms. The first-order valence-electron chi connectivity index (χ1n) is 11.6. The van der Waals surface area contributed by atoms with Crippen LogP contribution in [0.2, 0.25) is 0 Å². The number of ether oxygens (including phenoxy) is 3. The van der Waals surface area contributed by atoms with E-state index in [-0.39, 0.29) is 17.5 Å². The van der Waals surface area contributed by atoms with Gasteiger partial charge in [0.25, 0.3) is 10.0 Å². The van der Waals surface area contributed by atoms with Crippen molar-refractivity contribution < 1.29 is 27.4 Å². The number of sulfonamides is 1. The van der Waals surface area contributed by atoms with E-state index in [4.69, 9.17) is 14.2 Å². The topological polar surface area (TPSA) is 94.2 Å². The largest absolute Gasteiger partial charge is 0.496 e. The number of anilines is 1. The third-order valence-corrected chi connectivity index (χ3v) is 7.79. The van der Waals surface area contributed by atoms with Gasteiger partial charge in [0.2, 0.25) is 5.91 Å². The molecule has 1 amide bonds. The fourth-order valence-electron chi connectivity index (χ4n) is 3.52. The molecule has 0 saturated heterocycles. The average molecular weight is 592 g/mol. The van der Waals surface area contributed by atoms with Crippen molar-refractivity contribution >= 4 is 37.5 Å². The Morgan fingerprint density at radius 3 is 2.19 bits per heavy atom. The Bertz CT molecular complexity index is 1340. The third kappa shape index (κ3) is 7.17. The number of carbonyl (C=O) groups is 1. The predicted octanol–water partition coefficient (Wildman–Crippen LogP) is 5.07. The van der Waals surface area contributed by atoms with Gasteiger partial charge in [-0.25, -0.2) is 8.42 Å². The number of nitrogens with zero attached hydrogens (tertiary/aromatic N) is 1. The van der Waals surface area contributed by atoms with E-state index in [1.807, 2.05) is 26.8 Å². The smallest absolute Gasteiger partial charge is 0.264 e. The molecule has 0 aromatic heterocycles. The highest BCUT2D eigenvalue weighted by atomic mass is 79.9. The summed E-state index contributed by atoms with van der Waals surface area (Å²) in [5, 5.41) is 2.80. The molecule has 0 fully saturated rings. The Balaban J connectivity index is 1.83. The molecule has 0 spiro atoms. The summed E-state index contributed by atoms with van der Waals surface area (Å²) in [7, 11) is -1.02. The van der Waals surface area contributed by atoms with Gasteiger partial charge in [0.15, 0.2) is 11.5 Å². The number of halogens is 1. The van der Waals surface area contributed by atoms with Crippen molar-refractivity contribution in [2.45, 2.75) is 38.3 Å². The van der Waals surface area contributed by atoms with E-state index in [9.17, 15) is 13.2 Å². The number of amides is 1. The van der Waals surface area contributed by atoms with E-state index in [2.05, 4.69) is 21.2 Å². The molecular weight excluding hydrogens is 560 g/mol. The molecule has 1 N–H and O–H groups in total. The summed E-state index contributed by atoms with van der Waals surface area (Å²) in [6, 6.07) is 16.8. The molecule has 37 heavy (non-hydrogen) atoms. The molecule has 0 bridgehead atoms. The van der Waals surface area contributed by atoms with Crippen molar-refractivity contribution in [3.8, 4) is 17.2 Å². The van der Waals surface area contributed by atoms with Gasteiger partial charge in [-0.3, -0.25) is 9.10 Å². The minimum Gasteiger partial charge on any atom is -0.496 e. The third-order valence-electron chi connectivity index (χ3n) is 5.40. The Labute approximate surface area is 226 Å². The highest BCUT2D eigenvalue weighted by molar-refractivity contribution is 9.10. The number of nitrogens with one attached hydrogen (secondary N) is 1. The molecule has 8 nitrogen and oxygen atoms in total. The van der Waals surface area contributed by atoms with Gasteiger partial charge in [0.05, 0.1) is 35.4 Å². The molecule has 0 aliphatic carbocycles. The van der Waals surface area contributed by atoms with Crippen molar-refractivity contribution in [3.05, 3.63) is 76.3 Å². The minimum absolute atomic E-state index is 0.0134. The van der Waals surface area contributed by atoms with E-state index in [0.717, 1.165) is 15.4 Å². The lowest BCUT2D eigenvalue weighted by atomic mass is 10.2. The van der Waals surface area contributed by atoms with Gasteiger partial charge in [-0.1, -0.05) is 23.8 Å². The van der Waals surface area contributed by atoms with Crippen LogP contribution in [0.25, 0.3) is 0 Å². The van der Waals surface area contributed by atoms with Crippen molar-refractivity contribution in [2.24, 2.45) is 0 Å². The standard InChI is InChI=1S/C27H31BrN2O6S/c1-18(2)36-25-12-8-20(14-26(25)35-5)16-29-27(31)17-30(21-9-6-19(3)7-10-21)37(32,33)22-11-13-24(34-4)23(28)15-22/h6-15,18H,16-17H2,1-5H3,(H,29,31). The molecule has 0 radical (unpaired) electrons. The first kappa shape index (κ1) is 28.3. The maximum atomic E-state index is 13.6. The lowest BCUT2D eigenvalue weighted by molar-refractivity contribution is -0.119. The van der Waals surface area contributed by atoms with Gasteiger partial charge in [0, 0.05) is 6.54 Å². The van der Waals surface area contributed by atoms with Crippen LogP contribution >= 0.6 is 15.9 Å². The lowest BCUT2D eigenvalue weighted by Crippen LogP contribution is -2.40. The van der Waals surface area contributed by atoms with Crippen molar-refractivity contribution in [3.63, 3.8) is 0 Å². The van der Waals surface area contributed by atoms with Crippen LogP contribution < -0.4 is 23.8 Å². The number of rotatable bonds is 11. The first-order valence-corrected chi connectivity index (χ1v) is 13.8. The molecule has 3 aromatic rings. The van der Waals surface area contributed by atoms with E-state index in [1.54, 1.807) is 49.6 Å². The highest BCUT2D eigenvalue weighted by Crippen LogP contribution is 2.31. The second kappa shape index (κ2) is 12.3. The fraction of sp³-hybridized carbons (Fsp3) is 0.296. The molecule has 0 atom stereocenters. The summed E-state index contributed by atoms with van der Waals surface area (Å²) in [4.78, 5) is 13.0. The lowest BCUT2D eigenvalue weighted by Gasteiger charge is -2.24. The number of benzene rings is 3. The zero-order valence-corrected chi connectivity index (χ0v) is 23.9. The second-order valence-corrected chi connectivity index (χ2v) is 11.3. The van der Waals surface area contributed by atoms with Gasteiger partial charge < -0.3 is 19.5 Å². The van der Waals surface area contributed by atoms with Crippen LogP contribution in [-0.2, 0) is 21.4 Å². The summed E-state index contributed by atoms with van der Waals surface area (Å²) >= 11 is 3.34. The molecular formula is C27H31BrN2O6S. The molecule has 0 unspecified atom stereocenters. The van der Waals surface area contributed by atoms with E-state index in [0.29, 0.717) is 27.4 Å². The van der Waals surface area contributed by atoms with Gasteiger partial charge in [-0.15, -0.1) is 0 Å². The van der Waals surface area contributed by atoms with Gasteiger partial charge >= 0.3 is 0 Å². The number of hydrogen-bond acceptors (Lipinski definition) is 6. The maximum absolute atomic E-state index is 13.6. The monoisotopic (exact) mass is 590 g/mol. The van der Waals surface area contributed by atoms with Crippen molar-refractivity contribution in [2.75, 3.05) is 25.1 Å². The second-order valence-electron chi connectivity index (χ2n) is 8.57. The Kier molecular flexibility index (Phi) is 9.45. The highest BCUT2D eigenvalue weighted by Gasteiger charge is 2.28. The first-order chi connectivity index (χ1) is 17.5. The van der Waals surface area contributed by atoms with Crippen LogP contribution in [0.4, 0.5) is 5.69 Å². The predicted molar refractivity (Wildman–Crippen MR) is 147 cm³/mol. The Hall–Kier alpha value is -3.24. The molecule has 3 rings (SSSR count). The Morgan fingerprint density at radius 2 is 1.59 bits per heavy atom. The molecule has 198 valence electrons. The van der Waals surface area contributed by atoms with Gasteiger partial charge in [0.1, 0.15) is 12.3 Å². The maximum Gasteiger partial charge on any atom is 0.264 e. The summed E-state index contributed by atoms with van der Waals surface area (Å²) in [6.07, 6.45) is -0.0134. The van der Waals surface area contributed by atoms with Crippen LogP contribution in [0.3, 0.4) is 0 Å². The molecule has 0 heterocycles. The zero-order valence-electron chi connectivity index (χ0n) is 21.4. The van der Waals surface area contributed by atoms with E-state index in [1.165, 1.54) is 19.2 Å². The van der Waals surface area contributed by atoms with Crippen LogP contribution in [0.1, 0.15) is 25.0 Å². The van der Waals surface area contributed by atoms with Crippen LogP contribution in [0.15, 0.2) is 70.0 Å². The van der Waals surface area contributed by atoms with Crippen molar-refractivity contribution in [1.29, 1.82) is 0 Å². The summed E-state index contributed by atoms with van der Waals surface area (Å²) in [6.45, 7) is 5.54. The van der Waals surface area contributed by atoms with Crippen LogP contribution in [-0.4, -0.2) is 41.2 Å². The molecule has 0 aliphatic rings. The quantitative estimate of drug-likeness (QED) is 0.335.